The minimum absolute atomic E-state index is 0.0620. The van der Waals surface area contributed by atoms with Crippen molar-refractivity contribution in [1.82, 2.24) is 84.1 Å². The third-order valence-corrected chi connectivity index (χ3v) is 20.5. The van der Waals surface area contributed by atoms with Crippen LogP contribution in [0.3, 0.4) is 0 Å². The number of unbranched alkanes of at least 4 members (excludes halogenated alkanes) is 1. The molecule has 0 bridgehead atoms. The first-order valence-electron chi connectivity index (χ1n) is 40.8. The Morgan fingerprint density at radius 1 is 0.415 bits per heavy atom. The number of imidazole rings is 1. The van der Waals surface area contributed by atoms with E-state index in [9.17, 15) is 107 Å². The fourth-order valence-corrected chi connectivity index (χ4v) is 13.0. The van der Waals surface area contributed by atoms with Gasteiger partial charge in [0.25, 0.3) is 0 Å². The highest BCUT2D eigenvalue weighted by Gasteiger charge is 2.40. The number of para-hydroxylation sites is 1. The molecule has 3 aromatic carbocycles. The molecule has 5 aromatic rings. The summed E-state index contributed by atoms with van der Waals surface area (Å²) >= 11 is 0. The lowest BCUT2D eigenvalue weighted by Gasteiger charge is -2.31. The molecular weight excluding hydrogens is 1600 g/mol. The molecule has 123 heavy (non-hydrogen) atoms. The summed E-state index contributed by atoms with van der Waals surface area (Å²) in [6.45, 7) is 15.8. The van der Waals surface area contributed by atoms with Gasteiger partial charge in [0.05, 0.1) is 30.9 Å². The van der Waals surface area contributed by atoms with Gasteiger partial charge in [0.2, 0.25) is 76.8 Å². The van der Waals surface area contributed by atoms with Crippen molar-refractivity contribution in [3.8, 4) is 5.75 Å². The van der Waals surface area contributed by atoms with Crippen LogP contribution in [-0.2, 0) is 107 Å². The largest absolute Gasteiger partial charge is 0.508 e. The van der Waals surface area contributed by atoms with Crippen molar-refractivity contribution in [2.75, 3.05) is 6.54 Å². The van der Waals surface area contributed by atoms with E-state index < -0.39 is 229 Å². The van der Waals surface area contributed by atoms with Gasteiger partial charge in [-0.3, -0.25) is 76.7 Å². The molecule has 2 heterocycles. The molecule has 0 aliphatic carbocycles. The second-order valence-electron chi connectivity index (χ2n) is 31.3. The molecule has 0 saturated heterocycles. The Labute approximate surface area is 710 Å². The van der Waals surface area contributed by atoms with Crippen molar-refractivity contribution >= 4 is 112 Å². The fraction of sp³-hybridized carbons (Fsp3) is 0.518. The average molecular weight is 1720 g/mol. The summed E-state index contributed by atoms with van der Waals surface area (Å²) in [6, 6.07) is -0.657. The first-order chi connectivity index (χ1) is 58.1. The monoisotopic (exact) mass is 1720 g/mol. The number of nitrogens with one attached hydrogen (secondary N) is 15. The topological polar surface area (TPSA) is 644 Å². The number of aromatic amines is 2. The number of nitrogens with zero attached hydrogens (tertiary/aromatic N) is 1. The van der Waals surface area contributed by atoms with Gasteiger partial charge < -0.3 is 116 Å². The molecule has 40 nitrogen and oxygen atoms in total. The van der Waals surface area contributed by atoms with Crippen LogP contribution in [-0.4, -0.2) is 232 Å². The van der Waals surface area contributed by atoms with Gasteiger partial charge in [0.15, 0.2) is 0 Å². The van der Waals surface area contributed by atoms with Crippen LogP contribution in [0, 0.1) is 23.7 Å². The maximum atomic E-state index is 14.9. The number of phenolic OH excluding ortho intramolecular Hbond substituents is 1. The van der Waals surface area contributed by atoms with E-state index >= 15 is 0 Å². The fourth-order valence-electron chi connectivity index (χ4n) is 13.0. The number of carbonyl (C=O) groups excluding carboxylic acids is 13. The van der Waals surface area contributed by atoms with Gasteiger partial charge in [-0.05, 0) is 111 Å². The van der Waals surface area contributed by atoms with E-state index in [1.165, 1.54) is 50.6 Å². The number of rotatable bonds is 53. The van der Waals surface area contributed by atoms with E-state index in [0.717, 1.165) is 10.9 Å². The molecule has 0 radical (unpaired) electrons. The van der Waals surface area contributed by atoms with Gasteiger partial charge >= 0.3 is 23.9 Å². The van der Waals surface area contributed by atoms with Crippen LogP contribution in [0.1, 0.15) is 156 Å². The van der Waals surface area contributed by atoms with Crippen LogP contribution in [0.15, 0.2) is 97.6 Å². The lowest BCUT2D eigenvalue weighted by Crippen LogP contribution is -2.62. The Hall–Kier alpha value is -12.9. The van der Waals surface area contributed by atoms with Gasteiger partial charge in [-0.1, -0.05) is 129 Å². The molecule has 0 aliphatic rings. The molecule has 5 rings (SSSR count). The number of aromatic nitrogens is 3. The smallest absolute Gasteiger partial charge is 0.326 e. The molecule has 40 heteroatoms. The molecule has 0 spiro atoms. The van der Waals surface area contributed by atoms with Crippen LogP contribution in [0.5, 0.6) is 5.75 Å². The van der Waals surface area contributed by atoms with Crippen LogP contribution in [0.4, 0.5) is 0 Å². The molecule has 16 atom stereocenters. The number of aliphatic carboxylic acids is 4. The van der Waals surface area contributed by atoms with Crippen molar-refractivity contribution in [2.45, 2.75) is 244 Å². The number of hydrogen-bond acceptors (Lipinski definition) is 21. The summed E-state index contributed by atoms with van der Waals surface area (Å²) in [5.41, 5.74) is 13.8. The highest BCUT2D eigenvalue weighted by atomic mass is 16.4. The van der Waals surface area contributed by atoms with E-state index in [1.807, 2.05) is 0 Å². The number of aromatic hydroxyl groups is 1. The van der Waals surface area contributed by atoms with Crippen molar-refractivity contribution < 1.29 is 107 Å². The molecule has 672 valence electrons. The Kier molecular flexibility index (Phi) is 40.7. The van der Waals surface area contributed by atoms with Crippen molar-refractivity contribution in [3.63, 3.8) is 0 Å². The van der Waals surface area contributed by atoms with Crippen LogP contribution >= 0.6 is 0 Å². The zero-order valence-corrected chi connectivity index (χ0v) is 70.5. The Morgan fingerprint density at radius 2 is 0.854 bits per heavy atom. The normalized spacial score (nSPS) is 15.2. The lowest BCUT2D eigenvalue weighted by atomic mass is 9.94. The number of carboxylic acids is 4. The van der Waals surface area contributed by atoms with E-state index in [-0.39, 0.29) is 75.3 Å². The molecule has 2 aromatic heterocycles. The van der Waals surface area contributed by atoms with Crippen LogP contribution < -0.4 is 80.6 Å². The minimum atomic E-state index is -1.91. The average Bonchev–Trinajstić information content (AvgIpc) is 1.67. The summed E-state index contributed by atoms with van der Waals surface area (Å²) in [6.07, 6.45) is 1.30. The van der Waals surface area contributed by atoms with E-state index in [0.29, 0.717) is 29.5 Å². The summed E-state index contributed by atoms with van der Waals surface area (Å²) in [5, 5.41) is 83.1. The molecular formula is C83H118N18O22. The van der Waals surface area contributed by atoms with E-state index in [1.54, 1.807) is 116 Å². The molecule has 13 amide bonds. The maximum absolute atomic E-state index is 14.9. The predicted octanol–water partition coefficient (Wildman–Crippen LogP) is -0.641. The first-order valence-corrected chi connectivity index (χ1v) is 40.8. The second-order valence-corrected chi connectivity index (χ2v) is 31.3. The summed E-state index contributed by atoms with van der Waals surface area (Å²) in [4.78, 5) is 244. The molecule has 24 N–H and O–H groups in total. The number of amides is 13. The molecule has 0 unspecified atom stereocenters. The highest BCUT2D eigenvalue weighted by molar-refractivity contribution is 6.01. The van der Waals surface area contributed by atoms with Crippen molar-refractivity contribution in [2.24, 2.45) is 35.1 Å². The Morgan fingerprint density at radius 3 is 1.40 bits per heavy atom. The molecule has 0 aliphatic heterocycles. The number of carbonyl (C=O) groups is 17. The van der Waals surface area contributed by atoms with Crippen molar-refractivity contribution in [1.29, 1.82) is 0 Å². The van der Waals surface area contributed by atoms with Gasteiger partial charge in [-0.25, -0.2) is 9.78 Å². The zero-order chi connectivity index (χ0) is 91.5. The molecule has 0 saturated carbocycles. The SMILES string of the molecule is CC[C@H](C)[C@H](NC(=O)[C@H](CC(=O)O)NC(=O)[C@H](CC(C)C)NC(=O)[C@H](Cc1c[nH]cn1)NC(=O)[C@H](C)NC(=O)[C@H](Cc1ccccc1)NC(=O)[C@H](Cc1ccc(O)cc1)NC(=O)[C@@H](NC(=O)[C@H](C)NC(=O)[C@H](CCC(=O)O)NC(=O)[C@H](CCCCN)NC(=O)[C@@H](N)CC(=O)O)C(C)C)C(=O)N[C@H](C(=O)N[C@@H](Cc1c[nH]c2ccccc12)C(=O)O)[C@@H](C)CC. The number of fused-ring (bicyclic) bond motifs is 1. The number of hydrogen-bond donors (Lipinski definition) is 22. The quantitative estimate of drug-likeness (QED) is 0.0215. The number of nitrogens with two attached hydrogens (primary N) is 2. The van der Waals surface area contributed by atoms with Gasteiger partial charge in [0.1, 0.15) is 84.3 Å². The van der Waals surface area contributed by atoms with E-state index in [4.69, 9.17) is 11.5 Å². The lowest BCUT2D eigenvalue weighted by molar-refractivity contribution is -0.143. The number of benzene rings is 3. The summed E-state index contributed by atoms with van der Waals surface area (Å²) in [7, 11) is 0. The van der Waals surface area contributed by atoms with E-state index in [2.05, 4.69) is 84.1 Å². The zero-order valence-electron chi connectivity index (χ0n) is 70.5. The van der Waals surface area contributed by atoms with Crippen LogP contribution in [0.25, 0.3) is 10.9 Å². The number of phenols is 1. The standard InChI is InChI=1S/C83H118N18O22/c1-11-44(7)68(81(120)98-63(83(122)123)35-50-39-87-55-23-17-16-22-53(50)55)101-82(121)69(45(8)12-2)100-79(118)62(38-66(107)108)96-76(115)58(32-42(3)4)94-78(117)61(36-51-40-86-41-88-51)93-70(109)46(9)90-75(114)59(33-48-20-14-13-15-21-48)95-77(116)60(34-49-25-27-52(102)28-26-49)97-80(119)67(43(5)6)99-71(110)47(10)89-73(112)57(29-30-64(103)104)92-74(113)56(24-18-19-31-84)91-72(111)54(85)37-65(105)106/h13-17,20-23,25-28,39-47,54,56-63,67-69,87,102H,11-12,18-19,24,29-38,84-85H2,1-10H3,(H,86,88)(H,89,112)(H,90,114)(H,91,111)(H,92,113)(H,93,109)(H,94,117)(H,95,116)(H,96,115)(H,97,119)(H,98,120)(H,99,110)(H,100,118)(H,101,121)(H,103,104)(H,105,106)(H,107,108)(H,122,123)/t44-,45-,46-,47-,54-,56-,57-,58-,59-,60-,61-,62-,63-,67-,68-,69-/m0/s1. The molecule has 0 fully saturated rings. The van der Waals surface area contributed by atoms with Crippen LogP contribution in [0.2, 0.25) is 0 Å². The van der Waals surface area contributed by atoms with Crippen molar-refractivity contribution in [3.05, 3.63) is 120 Å². The Bertz CT molecular complexity index is 4450. The third-order valence-electron chi connectivity index (χ3n) is 20.5. The van der Waals surface area contributed by atoms with Gasteiger partial charge in [-0.15, -0.1) is 0 Å². The number of H-pyrrole nitrogens is 2. The Balaban J connectivity index is 1.35. The maximum Gasteiger partial charge on any atom is 0.326 e. The second kappa shape index (κ2) is 49.8. The number of carboxylic acid groups (broad SMARTS) is 4. The van der Waals surface area contributed by atoms with Gasteiger partial charge in [-0.2, -0.15) is 0 Å². The summed E-state index contributed by atoms with van der Waals surface area (Å²) < 4.78 is 0. The minimum Gasteiger partial charge on any atom is -0.508 e. The first kappa shape index (κ1) is 101. The van der Waals surface area contributed by atoms with Gasteiger partial charge in [0, 0.05) is 55.4 Å². The third kappa shape index (κ3) is 33.2. The highest BCUT2D eigenvalue weighted by Crippen LogP contribution is 2.22. The predicted molar refractivity (Wildman–Crippen MR) is 446 cm³/mol. The summed E-state index contributed by atoms with van der Waals surface area (Å²) in [5.74, 6) is -21.2.